The van der Waals surface area contributed by atoms with Gasteiger partial charge in [-0.05, 0) is 35.9 Å². The SMILES string of the molecule is Nc1nc(SCc2ccc(C(=O)Nc3cccc(C(F)(F)F)c3)cc2)n[nH]1. The topological polar surface area (TPSA) is 96.7 Å². The third-order valence-corrected chi connectivity index (χ3v) is 4.43. The maximum atomic E-state index is 12.7. The first-order valence-electron chi connectivity index (χ1n) is 7.69. The zero-order valence-electron chi connectivity index (χ0n) is 13.7. The van der Waals surface area contributed by atoms with Gasteiger partial charge in [0.1, 0.15) is 0 Å². The molecule has 4 N–H and O–H groups in total. The fraction of sp³-hybridized carbons (Fsp3) is 0.118. The minimum atomic E-state index is -4.46. The quantitative estimate of drug-likeness (QED) is 0.571. The molecular weight excluding hydrogens is 379 g/mol. The van der Waals surface area contributed by atoms with E-state index in [2.05, 4.69) is 20.5 Å². The molecule has 27 heavy (non-hydrogen) atoms. The van der Waals surface area contributed by atoms with Gasteiger partial charge < -0.3 is 11.1 Å². The van der Waals surface area contributed by atoms with E-state index in [-0.39, 0.29) is 11.6 Å². The molecule has 0 saturated heterocycles. The van der Waals surface area contributed by atoms with Gasteiger partial charge in [0, 0.05) is 17.0 Å². The number of alkyl halides is 3. The maximum absolute atomic E-state index is 12.7. The molecule has 140 valence electrons. The molecule has 0 aliphatic carbocycles. The molecule has 2 aromatic carbocycles. The number of benzene rings is 2. The summed E-state index contributed by atoms with van der Waals surface area (Å²) in [4.78, 5) is 16.2. The number of nitrogens with zero attached hydrogens (tertiary/aromatic N) is 2. The van der Waals surface area contributed by atoms with Crippen molar-refractivity contribution in [2.45, 2.75) is 17.1 Å². The average Bonchev–Trinajstić information content (AvgIpc) is 3.05. The molecule has 0 spiro atoms. The Kier molecular flexibility index (Phi) is 5.36. The number of carbonyl (C=O) groups excluding carboxylic acids is 1. The second-order valence-electron chi connectivity index (χ2n) is 5.52. The molecule has 0 radical (unpaired) electrons. The predicted molar refractivity (Wildman–Crippen MR) is 96.2 cm³/mol. The van der Waals surface area contributed by atoms with Gasteiger partial charge in [-0.1, -0.05) is 30.0 Å². The van der Waals surface area contributed by atoms with Crippen molar-refractivity contribution in [3.05, 3.63) is 65.2 Å². The van der Waals surface area contributed by atoms with E-state index in [1.165, 1.54) is 23.9 Å². The van der Waals surface area contributed by atoms with Crippen LogP contribution in [-0.4, -0.2) is 21.1 Å². The number of rotatable bonds is 5. The maximum Gasteiger partial charge on any atom is 0.416 e. The number of aromatic nitrogens is 3. The highest BCUT2D eigenvalue weighted by Gasteiger charge is 2.30. The van der Waals surface area contributed by atoms with Gasteiger partial charge in [-0.3, -0.25) is 4.79 Å². The van der Waals surface area contributed by atoms with Crippen LogP contribution < -0.4 is 11.1 Å². The third kappa shape index (κ3) is 5.00. The van der Waals surface area contributed by atoms with Crippen LogP contribution in [0.4, 0.5) is 24.8 Å². The fourth-order valence-electron chi connectivity index (χ4n) is 2.20. The minimum Gasteiger partial charge on any atom is -0.368 e. The third-order valence-electron chi connectivity index (χ3n) is 3.51. The van der Waals surface area contributed by atoms with Crippen LogP contribution >= 0.6 is 11.8 Å². The lowest BCUT2D eigenvalue weighted by Gasteiger charge is -2.10. The van der Waals surface area contributed by atoms with Crippen molar-refractivity contribution in [2.75, 3.05) is 11.1 Å². The van der Waals surface area contributed by atoms with Gasteiger partial charge in [-0.15, -0.1) is 5.10 Å². The smallest absolute Gasteiger partial charge is 0.368 e. The molecule has 3 aromatic rings. The Morgan fingerprint density at radius 1 is 1.19 bits per heavy atom. The van der Waals surface area contributed by atoms with E-state index in [9.17, 15) is 18.0 Å². The standard InChI is InChI=1S/C17H14F3N5OS/c18-17(19,20)12-2-1-3-13(8-12)22-14(26)11-6-4-10(5-7-11)9-27-16-23-15(21)24-25-16/h1-8H,9H2,(H,22,26)(H3,21,23,24,25). The van der Waals surface area contributed by atoms with Gasteiger partial charge in [-0.25, -0.2) is 5.10 Å². The summed E-state index contributed by atoms with van der Waals surface area (Å²) in [6.07, 6.45) is -4.46. The number of amides is 1. The molecule has 3 rings (SSSR count). The van der Waals surface area contributed by atoms with Gasteiger partial charge in [0.2, 0.25) is 11.1 Å². The summed E-state index contributed by atoms with van der Waals surface area (Å²) in [5, 5.41) is 9.42. The Labute approximate surface area is 156 Å². The van der Waals surface area contributed by atoms with E-state index < -0.39 is 17.6 Å². The van der Waals surface area contributed by atoms with Crippen LogP contribution in [-0.2, 0) is 11.9 Å². The lowest BCUT2D eigenvalue weighted by molar-refractivity contribution is -0.137. The van der Waals surface area contributed by atoms with Crippen LogP contribution in [0.15, 0.2) is 53.7 Å². The zero-order chi connectivity index (χ0) is 19.4. The number of thioether (sulfide) groups is 1. The van der Waals surface area contributed by atoms with E-state index in [1.807, 2.05) is 0 Å². The molecule has 1 aromatic heterocycles. The molecular formula is C17H14F3N5OS. The van der Waals surface area contributed by atoms with E-state index in [4.69, 9.17) is 5.73 Å². The molecule has 0 bridgehead atoms. The van der Waals surface area contributed by atoms with E-state index in [1.54, 1.807) is 24.3 Å². The number of hydrogen-bond donors (Lipinski definition) is 3. The first-order chi connectivity index (χ1) is 12.8. The number of anilines is 2. The first kappa shape index (κ1) is 18.8. The number of nitrogens with two attached hydrogens (primary N) is 1. The molecule has 0 fully saturated rings. The van der Waals surface area contributed by atoms with Crippen molar-refractivity contribution < 1.29 is 18.0 Å². The van der Waals surface area contributed by atoms with Crippen LogP contribution in [0.1, 0.15) is 21.5 Å². The van der Waals surface area contributed by atoms with E-state index in [0.717, 1.165) is 17.7 Å². The Morgan fingerprint density at radius 2 is 1.93 bits per heavy atom. The summed E-state index contributed by atoms with van der Waals surface area (Å²) in [7, 11) is 0. The van der Waals surface area contributed by atoms with Crippen molar-refractivity contribution in [2.24, 2.45) is 0 Å². The minimum absolute atomic E-state index is 0.0802. The molecule has 1 amide bonds. The number of hydrogen-bond acceptors (Lipinski definition) is 5. The number of aromatic amines is 1. The molecule has 0 aliphatic rings. The highest BCUT2D eigenvalue weighted by molar-refractivity contribution is 7.98. The highest BCUT2D eigenvalue weighted by Crippen LogP contribution is 2.30. The lowest BCUT2D eigenvalue weighted by atomic mass is 10.1. The van der Waals surface area contributed by atoms with Gasteiger partial charge >= 0.3 is 6.18 Å². The molecule has 0 aliphatic heterocycles. The van der Waals surface area contributed by atoms with Crippen molar-refractivity contribution in [3.63, 3.8) is 0 Å². The largest absolute Gasteiger partial charge is 0.416 e. The molecule has 0 unspecified atom stereocenters. The van der Waals surface area contributed by atoms with Crippen LogP contribution in [0.2, 0.25) is 0 Å². The number of H-pyrrole nitrogens is 1. The monoisotopic (exact) mass is 393 g/mol. The van der Waals surface area contributed by atoms with Crippen LogP contribution in [0.5, 0.6) is 0 Å². The second-order valence-corrected chi connectivity index (χ2v) is 6.46. The van der Waals surface area contributed by atoms with Crippen molar-refractivity contribution in [1.82, 2.24) is 15.2 Å². The van der Waals surface area contributed by atoms with Gasteiger partial charge in [-0.2, -0.15) is 18.2 Å². The second kappa shape index (κ2) is 7.70. The predicted octanol–water partition coefficient (Wildman–Crippen LogP) is 3.95. The van der Waals surface area contributed by atoms with Crippen LogP contribution in [0.25, 0.3) is 0 Å². The Balaban J connectivity index is 1.62. The number of carbonyl (C=O) groups is 1. The summed E-state index contributed by atoms with van der Waals surface area (Å²) >= 11 is 1.37. The lowest BCUT2D eigenvalue weighted by Crippen LogP contribution is -2.13. The molecule has 0 atom stereocenters. The van der Waals surface area contributed by atoms with Crippen LogP contribution in [0.3, 0.4) is 0 Å². The van der Waals surface area contributed by atoms with Gasteiger partial charge in [0.25, 0.3) is 5.91 Å². The van der Waals surface area contributed by atoms with Gasteiger partial charge in [0.15, 0.2) is 0 Å². The zero-order valence-corrected chi connectivity index (χ0v) is 14.6. The molecule has 10 heteroatoms. The summed E-state index contributed by atoms with van der Waals surface area (Å²) in [6, 6.07) is 11.2. The van der Waals surface area contributed by atoms with Crippen molar-refractivity contribution >= 4 is 29.3 Å². The fourth-order valence-corrected chi connectivity index (χ4v) is 2.96. The molecule has 0 saturated carbocycles. The summed E-state index contributed by atoms with van der Waals surface area (Å²) in [5.41, 5.74) is 5.97. The van der Waals surface area contributed by atoms with E-state index in [0.29, 0.717) is 16.5 Å². The average molecular weight is 393 g/mol. The van der Waals surface area contributed by atoms with Crippen molar-refractivity contribution in [1.29, 1.82) is 0 Å². The molecule has 1 heterocycles. The van der Waals surface area contributed by atoms with Crippen LogP contribution in [0, 0.1) is 0 Å². The number of nitrogens with one attached hydrogen (secondary N) is 2. The Bertz CT molecular complexity index is 940. The Hall–Kier alpha value is -3.01. The first-order valence-corrected chi connectivity index (χ1v) is 8.68. The summed E-state index contributed by atoms with van der Waals surface area (Å²) in [6.45, 7) is 0. The van der Waals surface area contributed by atoms with Crippen molar-refractivity contribution in [3.8, 4) is 0 Å². The number of nitrogen functional groups attached to an aromatic ring is 1. The van der Waals surface area contributed by atoms with E-state index >= 15 is 0 Å². The Morgan fingerprint density at radius 3 is 2.56 bits per heavy atom. The summed E-state index contributed by atoms with van der Waals surface area (Å²) < 4.78 is 38.2. The van der Waals surface area contributed by atoms with Gasteiger partial charge in [0.05, 0.1) is 5.56 Å². The normalized spacial score (nSPS) is 11.4. The summed E-state index contributed by atoms with van der Waals surface area (Å²) in [5.74, 6) is 0.321. The highest BCUT2D eigenvalue weighted by atomic mass is 32.2. The molecule has 6 nitrogen and oxygen atoms in total. The number of halogens is 3.